The van der Waals surface area contributed by atoms with E-state index in [9.17, 15) is 14.4 Å². The van der Waals surface area contributed by atoms with Gasteiger partial charge in [0, 0.05) is 5.69 Å². The van der Waals surface area contributed by atoms with E-state index in [0.29, 0.717) is 34.2 Å². The van der Waals surface area contributed by atoms with Crippen LogP contribution in [0.2, 0.25) is 20.1 Å². The number of benzene rings is 3. The van der Waals surface area contributed by atoms with Gasteiger partial charge in [0.15, 0.2) is 11.5 Å². The highest BCUT2D eigenvalue weighted by Crippen LogP contribution is 2.51. The lowest BCUT2D eigenvalue weighted by Gasteiger charge is -2.49. The summed E-state index contributed by atoms with van der Waals surface area (Å²) in [6.07, 6.45) is 0. The zero-order valence-electron chi connectivity index (χ0n) is 21.4. The van der Waals surface area contributed by atoms with E-state index in [4.69, 9.17) is 65.4 Å². The molecule has 0 N–H and O–H groups in total. The van der Waals surface area contributed by atoms with Crippen LogP contribution < -0.4 is 23.8 Å². The molecule has 0 aromatic heterocycles. The Morgan fingerprint density at radius 3 is 1.55 bits per heavy atom. The van der Waals surface area contributed by atoms with E-state index in [1.807, 2.05) is 0 Å². The van der Waals surface area contributed by atoms with E-state index in [1.165, 1.54) is 33.3 Å². The monoisotopic (exact) mass is 624 g/mol. The average molecular weight is 626 g/mol. The number of rotatable bonds is 7. The zero-order chi connectivity index (χ0) is 29.0. The van der Waals surface area contributed by atoms with E-state index in [2.05, 4.69) is 0 Å². The van der Waals surface area contributed by atoms with Gasteiger partial charge in [0.1, 0.15) is 11.8 Å². The fraction of sp³-hybridized carbons (Fsp3) is 0.222. The Balaban J connectivity index is 1.68. The summed E-state index contributed by atoms with van der Waals surface area (Å²) in [4.78, 5) is 43.5. The Kier molecular flexibility index (Phi) is 7.43. The van der Waals surface area contributed by atoms with Gasteiger partial charge < -0.3 is 23.8 Å². The number of halogens is 4. The molecule has 5 rings (SSSR count). The van der Waals surface area contributed by atoms with E-state index in [-0.39, 0.29) is 31.2 Å². The van der Waals surface area contributed by atoms with Crippen LogP contribution in [-0.2, 0) is 4.79 Å². The SMILES string of the molecule is COc1ccc(N2C(=O)[C@@H](N3C(=O)c4c(Cl)c(Cl)c(Cl)c(Cl)c4C3=O)[C@@H]2c2cc(OC)c(OC)c(OC)c2)cc1. The second-order valence-corrected chi connectivity index (χ2v) is 10.3. The van der Waals surface area contributed by atoms with Crippen molar-refractivity contribution >= 4 is 69.8 Å². The lowest BCUT2D eigenvalue weighted by Crippen LogP contribution is -2.67. The number of methoxy groups -OCH3 is 4. The Bertz CT molecular complexity index is 1510. The summed E-state index contributed by atoms with van der Waals surface area (Å²) in [6, 6.07) is 7.91. The number of hydrogen-bond acceptors (Lipinski definition) is 7. The first-order valence-corrected chi connectivity index (χ1v) is 13.1. The minimum atomic E-state index is -1.28. The van der Waals surface area contributed by atoms with Crippen LogP contribution in [0.4, 0.5) is 5.69 Å². The highest BCUT2D eigenvalue weighted by molar-refractivity contribution is 6.55. The smallest absolute Gasteiger partial charge is 0.264 e. The molecule has 3 aromatic rings. The quantitative estimate of drug-likeness (QED) is 0.136. The molecule has 0 unspecified atom stereocenters. The molecule has 2 heterocycles. The third kappa shape index (κ3) is 4.03. The molecule has 0 aliphatic carbocycles. The van der Waals surface area contributed by atoms with Crippen molar-refractivity contribution in [2.45, 2.75) is 12.1 Å². The van der Waals surface area contributed by atoms with Gasteiger partial charge in [-0.15, -0.1) is 0 Å². The van der Waals surface area contributed by atoms with Crippen molar-refractivity contribution in [3.63, 3.8) is 0 Å². The van der Waals surface area contributed by atoms with Gasteiger partial charge in [0.25, 0.3) is 17.7 Å². The molecule has 40 heavy (non-hydrogen) atoms. The molecule has 1 fully saturated rings. The van der Waals surface area contributed by atoms with Crippen LogP contribution in [0, 0.1) is 0 Å². The van der Waals surface area contributed by atoms with E-state index in [1.54, 1.807) is 36.4 Å². The Labute approximate surface area is 248 Å². The molecular formula is C27H20Cl4N2O7. The van der Waals surface area contributed by atoms with Gasteiger partial charge in [-0.2, -0.15) is 0 Å². The first kappa shape index (κ1) is 28.2. The Hall–Kier alpha value is -3.37. The van der Waals surface area contributed by atoms with Crippen molar-refractivity contribution in [2.75, 3.05) is 33.3 Å². The standard InChI is InChI=1S/C27H20Cl4N2O7/c1-37-13-7-5-12(6-8-13)32-22(11-9-14(38-2)24(40-4)15(10-11)39-3)23(27(32)36)33-25(34)16-17(26(33)35)19(29)21(31)20(30)18(16)28/h5-10,22-23H,1-4H3/t22-,23-/m0/s1. The van der Waals surface area contributed by atoms with Crippen molar-refractivity contribution in [1.82, 2.24) is 4.90 Å². The number of amides is 3. The lowest BCUT2D eigenvalue weighted by molar-refractivity contribution is -0.130. The highest BCUT2D eigenvalue weighted by atomic mass is 35.5. The zero-order valence-corrected chi connectivity index (χ0v) is 24.4. The topological polar surface area (TPSA) is 94.6 Å². The number of ether oxygens (including phenoxy) is 4. The summed E-state index contributed by atoms with van der Waals surface area (Å²) in [5.41, 5.74) is 0.565. The predicted octanol–water partition coefficient (Wildman–Crippen LogP) is 6.09. The van der Waals surface area contributed by atoms with Crippen molar-refractivity contribution in [2.24, 2.45) is 0 Å². The van der Waals surface area contributed by atoms with Crippen LogP contribution >= 0.6 is 46.4 Å². The third-order valence-corrected chi connectivity index (χ3v) is 8.66. The van der Waals surface area contributed by atoms with Crippen molar-refractivity contribution in [3.8, 4) is 23.0 Å². The molecule has 2 aliphatic heterocycles. The van der Waals surface area contributed by atoms with E-state index >= 15 is 0 Å². The molecule has 208 valence electrons. The number of hydrogen-bond donors (Lipinski definition) is 0. The first-order chi connectivity index (χ1) is 19.1. The van der Waals surface area contributed by atoms with Crippen LogP contribution in [-0.4, -0.2) is 57.1 Å². The Morgan fingerprint density at radius 1 is 0.625 bits per heavy atom. The van der Waals surface area contributed by atoms with Gasteiger partial charge in [-0.3, -0.25) is 19.3 Å². The lowest BCUT2D eigenvalue weighted by atomic mass is 9.86. The summed E-state index contributed by atoms with van der Waals surface area (Å²) in [5, 5.41) is -0.794. The van der Waals surface area contributed by atoms with Crippen LogP contribution in [0.3, 0.4) is 0 Å². The fourth-order valence-corrected chi connectivity index (χ4v) is 5.99. The molecule has 2 aliphatic rings. The highest BCUT2D eigenvalue weighted by Gasteiger charge is 2.58. The summed E-state index contributed by atoms with van der Waals surface area (Å²) < 4.78 is 21.7. The second-order valence-electron chi connectivity index (χ2n) is 8.74. The van der Waals surface area contributed by atoms with E-state index in [0.717, 1.165) is 4.90 Å². The minimum absolute atomic E-state index is 0.170. The van der Waals surface area contributed by atoms with Gasteiger partial charge in [-0.25, -0.2) is 0 Å². The van der Waals surface area contributed by atoms with Gasteiger partial charge >= 0.3 is 0 Å². The predicted molar refractivity (Wildman–Crippen MR) is 150 cm³/mol. The number of imide groups is 1. The number of carbonyl (C=O) groups is 3. The van der Waals surface area contributed by atoms with Crippen molar-refractivity contribution < 1.29 is 33.3 Å². The maximum atomic E-state index is 13.8. The molecule has 0 radical (unpaired) electrons. The van der Waals surface area contributed by atoms with Crippen molar-refractivity contribution in [3.05, 3.63) is 73.2 Å². The van der Waals surface area contributed by atoms with Gasteiger partial charge in [-0.05, 0) is 42.0 Å². The number of nitrogens with zero attached hydrogens (tertiary/aromatic N) is 2. The maximum Gasteiger partial charge on any atom is 0.264 e. The number of carbonyl (C=O) groups excluding carboxylic acids is 3. The van der Waals surface area contributed by atoms with E-state index < -0.39 is 29.8 Å². The molecule has 2 atom stereocenters. The van der Waals surface area contributed by atoms with Crippen LogP contribution in [0.1, 0.15) is 32.3 Å². The maximum absolute atomic E-state index is 13.8. The molecule has 0 spiro atoms. The molecule has 13 heteroatoms. The van der Waals surface area contributed by atoms with Crippen LogP contribution in [0.25, 0.3) is 0 Å². The molecule has 0 saturated carbocycles. The van der Waals surface area contributed by atoms with Gasteiger partial charge in [-0.1, -0.05) is 46.4 Å². The number of β-lactam (4-membered cyclic amide) rings is 1. The molecule has 9 nitrogen and oxygen atoms in total. The summed E-state index contributed by atoms with van der Waals surface area (Å²) >= 11 is 25.0. The molecule has 3 amide bonds. The summed E-state index contributed by atoms with van der Waals surface area (Å²) in [5.74, 6) is -0.631. The van der Waals surface area contributed by atoms with Crippen LogP contribution in [0.5, 0.6) is 23.0 Å². The van der Waals surface area contributed by atoms with Gasteiger partial charge in [0.2, 0.25) is 5.75 Å². The van der Waals surface area contributed by atoms with Crippen molar-refractivity contribution in [1.29, 1.82) is 0 Å². The fourth-order valence-electron chi connectivity index (χ4n) is 4.98. The molecular weight excluding hydrogens is 606 g/mol. The number of fused-ring (bicyclic) bond motifs is 1. The summed E-state index contributed by atoms with van der Waals surface area (Å²) in [7, 11) is 5.89. The molecule has 3 aromatic carbocycles. The minimum Gasteiger partial charge on any atom is -0.497 e. The number of anilines is 1. The normalized spacial score (nSPS) is 18.1. The third-order valence-electron chi connectivity index (χ3n) is 6.86. The van der Waals surface area contributed by atoms with Gasteiger partial charge in [0.05, 0.1) is 65.7 Å². The largest absolute Gasteiger partial charge is 0.497 e. The first-order valence-electron chi connectivity index (χ1n) is 11.6. The Morgan fingerprint density at radius 2 is 1.12 bits per heavy atom. The second kappa shape index (κ2) is 10.6. The van der Waals surface area contributed by atoms with Crippen LogP contribution in [0.15, 0.2) is 36.4 Å². The molecule has 1 saturated heterocycles. The average Bonchev–Trinajstić information content (AvgIpc) is 3.22. The summed E-state index contributed by atoms with van der Waals surface area (Å²) in [6.45, 7) is 0. The molecule has 0 bridgehead atoms.